The van der Waals surface area contributed by atoms with Crippen LogP contribution < -0.4 is 3.71 Å². The number of halogens is 1. The number of hydrogen-bond donors (Lipinski definition) is 0. The van der Waals surface area contributed by atoms with E-state index in [-0.39, 0.29) is 25.9 Å². The molecule has 1 heterocycles. The van der Waals surface area contributed by atoms with Crippen LogP contribution in [-0.2, 0) is 20.0 Å². The van der Waals surface area contributed by atoms with Gasteiger partial charge in [-0.3, -0.25) is 10.1 Å². The second kappa shape index (κ2) is 7.70. The molecule has 1 aromatic heterocycles. The van der Waals surface area contributed by atoms with Gasteiger partial charge in [-0.25, -0.2) is 8.42 Å². The maximum atomic E-state index is 13.4. The second-order valence-electron chi connectivity index (χ2n) is 6.07. The predicted octanol–water partition coefficient (Wildman–Crippen LogP) is 3.44. The third-order valence-electron chi connectivity index (χ3n) is 4.04. The number of hydrogen-bond acceptors (Lipinski definition) is 8. The van der Waals surface area contributed by atoms with Crippen LogP contribution in [0.15, 0.2) is 62.8 Å². The van der Waals surface area contributed by atoms with Crippen molar-refractivity contribution in [1.82, 2.24) is 5.16 Å². The van der Waals surface area contributed by atoms with Gasteiger partial charge in [0.05, 0.1) is 15.5 Å². The minimum Gasteiger partial charge on any atom is -0.360 e. The average molecular weight is 472 g/mol. The molecule has 0 spiro atoms. The van der Waals surface area contributed by atoms with Crippen LogP contribution in [0.3, 0.4) is 0 Å². The number of rotatable bonds is 6. The molecule has 2 aromatic carbocycles. The van der Waals surface area contributed by atoms with E-state index in [9.17, 15) is 26.9 Å². The van der Waals surface area contributed by atoms with E-state index in [0.29, 0.717) is 6.07 Å². The molecule has 3 rings (SSSR count). The molecular formula is C17H14ClN3O7S2. The van der Waals surface area contributed by atoms with Crippen LogP contribution in [0, 0.1) is 24.0 Å². The Hall–Kier alpha value is -2.96. The van der Waals surface area contributed by atoms with Crippen molar-refractivity contribution in [1.29, 1.82) is 0 Å². The SMILES string of the molecule is Cc1noc(C)c1S(=O)(=O)N(c1ccccc1)S(=O)(=O)c1ccc(Cl)c([N+](=O)[O-])c1. The van der Waals surface area contributed by atoms with E-state index in [1.54, 1.807) is 6.07 Å². The zero-order valence-corrected chi connectivity index (χ0v) is 17.9. The molecule has 158 valence electrons. The van der Waals surface area contributed by atoms with Gasteiger partial charge < -0.3 is 4.52 Å². The standard InChI is InChI=1S/C17H14ClN3O7S2/c1-11-17(12(2)28-19-11)30(26,27)21(13-6-4-3-5-7-13)29(24,25)14-8-9-15(18)16(10-14)20(22)23/h3-10H,1-2H3. The highest BCUT2D eigenvalue weighted by Gasteiger charge is 2.40. The normalized spacial score (nSPS) is 12.0. The molecule has 3 aromatic rings. The number of nitrogens with zero attached hydrogens (tertiary/aromatic N) is 3. The Morgan fingerprint density at radius 2 is 1.67 bits per heavy atom. The summed E-state index contributed by atoms with van der Waals surface area (Å²) in [6.07, 6.45) is 0. The number of aromatic nitrogens is 1. The Morgan fingerprint density at radius 1 is 1.03 bits per heavy atom. The summed E-state index contributed by atoms with van der Waals surface area (Å²) in [6, 6.07) is 9.73. The van der Waals surface area contributed by atoms with Crippen molar-refractivity contribution in [2.75, 3.05) is 3.71 Å². The van der Waals surface area contributed by atoms with Gasteiger partial charge in [0.15, 0.2) is 10.7 Å². The van der Waals surface area contributed by atoms with Crippen molar-refractivity contribution < 1.29 is 26.3 Å². The number of nitro groups is 1. The van der Waals surface area contributed by atoms with Crippen LogP contribution >= 0.6 is 11.6 Å². The minimum atomic E-state index is -4.83. The van der Waals surface area contributed by atoms with E-state index < -0.39 is 40.4 Å². The Kier molecular flexibility index (Phi) is 5.58. The first-order valence-corrected chi connectivity index (χ1v) is 11.5. The summed E-state index contributed by atoms with van der Waals surface area (Å²) in [7, 11) is -9.57. The number of para-hydroxylation sites is 1. The van der Waals surface area contributed by atoms with E-state index >= 15 is 0 Å². The van der Waals surface area contributed by atoms with Gasteiger partial charge >= 0.3 is 0 Å². The van der Waals surface area contributed by atoms with Gasteiger partial charge in [-0.15, -0.1) is 0 Å². The van der Waals surface area contributed by atoms with Gasteiger partial charge in [-0.2, -0.15) is 12.1 Å². The van der Waals surface area contributed by atoms with Gasteiger partial charge in [0.1, 0.15) is 10.7 Å². The number of benzene rings is 2. The topological polar surface area (TPSA) is 141 Å². The largest absolute Gasteiger partial charge is 0.360 e. The molecule has 10 nitrogen and oxygen atoms in total. The van der Waals surface area contributed by atoms with E-state index in [0.717, 1.165) is 12.1 Å². The van der Waals surface area contributed by atoms with E-state index in [1.165, 1.54) is 38.1 Å². The molecule has 0 atom stereocenters. The van der Waals surface area contributed by atoms with Crippen LogP contribution in [0.25, 0.3) is 0 Å². The maximum absolute atomic E-state index is 13.4. The van der Waals surface area contributed by atoms with Gasteiger partial charge in [0, 0.05) is 6.07 Å². The predicted molar refractivity (Wildman–Crippen MR) is 107 cm³/mol. The molecule has 0 bridgehead atoms. The van der Waals surface area contributed by atoms with E-state index in [4.69, 9.17) is 16.1 Å². The first-order chi connectivity index (χ1) is 14.0. The molecule has 0 saturated carbocycles. The third kappa shape index (κ3) is 3.64. The summed E-state index contributed by atoms with van der Waals surface area (Å²) in [5, 5.41) is 14.5. The van der Waals surface area contributed by atoms with Gasteiger partial charge in [-0.05, 0) is 38.1 Å². The van der Waals surface area contributed by atoms with E-state index in [2.05, 4.69) is 5.16 Å². The van der Waals surface area contributed by atoms with Gasteiger partial charge in [0.25, 0.3) is 25.7 Å². The smallest absolute Gasteiger partial charge is 0.289 e. The van der Waals surface area contributed by atoms with Crippen LogP contribution in [0.2, 0.25) is 5.02 Å². The van der Waals surface area contributed by atoms with Crippen LogP contribution in [0.1, 0.15) is 11.5 Å². The fraction of sp³-hybridized carbons (Fsp3) is 0.118. The summed E-state index contributed by atoms with van der Waals surface area (Å²) in [6.45, 7) is 2.68. The molecule has 0 saturated heterocycles. The van der Waals surface area contributed by atoms with Gasteiger partial charge in [-0.1, -0.05) is 35.0 Å². The molecule has 0 fully saturated rings. The summed E-state index contributed by atoms with van der Waals surface area (Å²) in [5.41, 5.74) is -0.915. The third-order valence-corrected chi connectivity index (χ3v) is 8.78. The number of nitro benzene ring substituents is 1. The molecule has 0 radical (unpaired) electrons. The zero-order chi connectivity index (χ0) is 22.3. The lowest BCUT2D eigenvalue weighted by molar-refractivity contribution is -0.384. The molecule has 0 aliphatic rings. The van der Waals surface area contributed by atoms with Crippen molar-refractivity contribution in [3.63, 3.8) is 0 Å². The second-order valence-corrected chi connectivity index (χ2v) is 10.2. The molecule has 0 unspecified atom stereocenters. The Balaban J connectivity index is 2.32. The van der Waals surface area contributed by atoms with Crippen molar-refractivity contribution in [3.8, 4) is 0 Å². The quantitative estimate of drug-likeness (QED) is 0.393. The van der Waals surface area contributed by atoms with Crippen molar-refractivity contribution in [2.45, 2.75) is 23.6 Å². The fourth-order valence-electron chi connectivity index (χ4n) is 2.77. The van der Waals surface area contributed by atoms with Crippen LogP contribution in [0.4, 0.5) is 11.4 Å². The molecule has 0 aliphatic carbocycles. The average Bonchev–Trinajstić information content (AvgIpc) is 3.01. The monoisotopic (exact) mass is 471 g/mol. The Labute approximate surface area is 176 Å². The fourth-order valence-corrected chi connectivity index (χ4v) is 6.94. The van der Waals surface area contributed by atoms with Crippen molar-refractivity contribution in [3.05, 3.63) is 75.1 Å². The lowest BCUT2D eigenvalue weighted by Crippen LogP contribution is -2.37. The highest BCUT2D eigenvalue weighted by Crippen LogP contribution is 2.35. The van der Waals surface area contributed by atoms with Crippen LogP contribution in [-0.4, -0.2) is 26.9 Å². The first kappa shape index (κ1) is 21.7. The van der Waals surface area contributed by atoms with Crippen molar-refractivity contribution >= 4 is 43.0 Å². The maximum Gasteiger partial charge on any atom is 0.289 e. The Morgan fingerprint density at radius 3 is 2.20 bits per heavy atom. The molecule has 13 heteroatoms. The Bertz CT molecular complexity index is 1320. The van der Waals surface area contributed by atoms with E-state index in [1.807, 2.05) is 0 Å². The molecule has 0 amide bonds. The number of aryl methyl sites for hydroxylation is 2. The zero-order valence-electron chi connectivity index (χ0n) is 15.5. The first-order valence-electron chi connectivity index (χ1n) is 8.20. The lowest BCUT2D eigenvalue weighted by atomic mass is 10.3. The highest BCUT2D eigenvalue weighted by molar-refractivity contribution is 8.10. The van der Waals surface area contributed by atoms with Gasteiger partial charge in [0.2, 0.25) is 0 Å². The highest BCUT2D eigenvalue weighted by atomic mass is 35.5. The van der Waals surface area contributed by atoms with Crippen LogP contribution in [0.5, 0.6) is 0 Å². The number of sulfonamides is 2. The molecule has 0 N–H and O–H groups in total. The summed E-state index contributed by atoms with van der Waals surface area (Å²) in [5.74, 6) is -0.106. The minimum absolute atomic E-state index is 0.0364. The molecule has 30 heavy (non-hydrogen) atoms. The number of anilines is 1. The summed E-state index contributed by atoms with van der Waals surface area (Å²) < 4.78 is 58.8. The van der Waals surface area contributed by atoms with Crippen molar-refractivity contribution in [2.24, 2.45) is 0 Å². The molecule has 0 aliphatic heterocycles. The molecular weight excluding hydrogens is 458 g/mol. The lowest BCUT2D eigenvalue weighted by Gasteiger charge is -2.23. The summed E-state index contributed by atoms with van der Waals surface area (Å²) >= 11 is 5.76. The summed E-state index contributed by atoms with van der Waals surface area (Å²) in [4.78, 5) is 9.28.